The van der Waals surface area contributed by atoms with Gasteiger partial charge in [-0.05, 0) is 35.9 Å². The molecule has 1 atom stereocenters. The predicted molar refractivity (Wildman–Crippen MR) is 150 cm³/mol. The van der Waals surface area contributed by atoms with Gasteiger partial charge < -0.3 is 5.32 Å². The molecular formula is C29H27N3O5S2. The maximum Gasteiger partial charge on any atom is 0.244 e. The fraction of sp³-hybridized carbons (Fsp3) is 0.138. The van der Waals surface area contributed by atoms with E-state index in [0.29, 0.717) is 5.69 Å². The van der Waals surface area contributed by atoms with E-state index >= 15 is 0 Å². The van der Waals surface area contributed by atoms with E-state index in [2.05, 4.69) is 5.32 Å². The average molecular weight is 562 g/mol. The van der Waals surface area contributed by atoms with Crippen LogP contribution in [0, 0.1) is 0 Å². The fourth-order valence-electron chi connectivity index (χ4n) is 4.61. The lowest BCUT2D eigenvalue weighted by Gasteiger charge is -2.39. The van der Waals surface area contributed by atoms with Gasteiger partial charge in [0.25, 0.3) is 0 Å². The van der Waals surface area contributed by atoms with Crippen molar-refractivity contribution in [2.45, 2.75) is 15.8 Å². The Morgan fingerprint density at radius 3 is 1.77 bits per heavy atom. The lowest BCUT2D eigenvalue weighted by molar-refractivity contribution is -0.120. The van der Waals surface area contributed by atoms with E-state index in [1.54, 1.807) is 48.5 Å². The van der Waals surface area contributed by atoms with Gasteiger partial charge in [-0.2, -0.15) is 8.61 Å². The van der Waals surface area contributed by atoms with Crippen LogP contribution < -0.4 is 5.32 Å². The van der Waals surface area contributed by atoms with E-state index in [4.69, 9.17) is 0 Å². The van der Waals surface area contributed by atoms with Gasteiger partial charge in [0.05, 0.1) is 9.79 Å². The minimum atomic E-state index is -4.09. The quantitative estimate of drug-likeness (QED) is 0.367. The molecule has 0 bridgehead atoms. The molecule has 200 valence electrons. The topological polar surface area (TPSA) is 104 Å². The number of rotatable bonds is 7. The Bertz CT molecular complexity index is 1660. The Kier molecular flexibility index (Phi) is 7.62. The molecule has 0 spiro atoms. The van der Waals surface area contributed by atoms with E-state index in [-0.39, 0.29) is 29.4 Å². The summed E-state index contributed by atoms with van der Waals surface area (Å²) in [5.74, 6) is -0.620. The number of anilines is 1. The number of carbonyl (C=O) groups is 1. The molecule has 0 unspecified atom stereocenters. The van der Waals surface area contributed by atoms with Gasteiger partial charge in [-0.15, -0.1) is 0 Å². The fourth-order valence-corrected chi connectivity index (χ4v) is 7.66. The molecule has 1 aliphatic heterocycles. The van der Waals surface area contributed by atoms with E-state index in [1.165, 1.54) is 28.6 Å². The molecule has 1 N–H and O–H groups in total. The Balaban J connectivity index is 1.51. The number of sulfonamides is 2. The Hall–Kier alpha value is -3.83. The molecule has 8 nitrogen and oxygen atoms in total. The zero-order valence-electron chi connectivity index (χ0n) is 20.9. The molecule has 4 aromatic rings. The van der Waals surface area contributed by atoms with Crippen molar-refractivity contribution < 1.29 is 21.6 Å². The molecule has 1 amide bonds. The summed E-state index contributed by atoms with van der Waals surface area (Å²) in [5.41, 5.74) is 2.13. The monoisotopic (exact) mass is 561 g/mol. The number of benzene rings is 4. The summed E-state index contributed by atoms with van der Waals surface area (Å²) in [5, 5.41) is 2.88. The normalized spacial score (nSPS) is 17.0. The molecular weight excluding hydrogens is 534 g/mol. The van der Waals surface area contributed by atoms with Crippen molar-refractivity contribution >= 4 is 31.6 Å². The maximum absolute atomic E-state index is 13.8. The summed E-state index contributed by atoms with van der Waals surface area (Å²) in [6, 6.07) is 31.1. The molecule has 4 aromatic carbocycles. The second-order valence-corrected chi connectivity index (χ2v) is 12.9. The van der Waals surface area contributed by atoms with Crippen molar-refractivity contribution in [1.82, 2.24) is 8.61 Å². The van der Waals surface area contributed by atoms with Crippen LogP contribution in [0.1, 0.15) is 0 Å². The number of hydrogen-bond acceptors (Lipinski definition) is 5. The van der Waals surface area contributed by atoms with Crippen LogP contribution in [0.2, 0.25) is 0 Å². The molecule has 1 aliphatic rings. The van der Waals surface area contributed by atoms with Crippen molar-refractivity contribution in [3.8, 4) is 11.1 Å². The smallest absolute Gasteiger partial charge is 0.244 e. The first-order valence-electron chi connectivity index (χ1n) is 12.4. The largest absolute Gasteiger partial charge is 0.324 e. The molecule has 5 rings (SSSR count). The molecule has 1 heterocycles. The van der Waals surface area contributed by atoms with Crippen molar-refractivity contribution in [2.24, 2.45) is 0 Å². The van der Waals surface area contributed by atoms with Gasteiger partial charge in [-0.3, -0.25) is 4.79 Å². The second-order valence-electron chi connectivity index (χ2n) is 9.02. The predicted octanol–water partition coefficient (Wildman–Crippen LogP) is 4.06. The van der Waals surface area contributed by atoms with E-state index in [1.807, 2.05) is 42.5 Å². The summed E-state index contributed by atoms with van der Waals surface area (Å²) in [7, 11) is -8.05. The number of carbonyl (C=O) groups excluding carboxylic acids is 1. The van der Waals surface area contributed by atoms with E-state index < -0.39 is 32.0 Å². The highest BCUT2D eigenvalue weighted by atomic mass is 32.2. The van der Waals surface area contributed by atoms with Gasteiger partial charge in [0.1, 0.15) is 6.04 Å². The second kappa shape index (κ2) is 11.1. The number of piperazine rings is 1. The van der Waals surface area contributed by atoms with E-state index in [9.17, 15) is 21.6 Å². The highest BCUT2D eigenvalue weighted by Crippen LogP contribution is 2.30. The first kappa shape index (κ1) is 26.8. The molecule has 10 heteroatoms. The molecule has 0 saturated carbocycles. The van der Waals surface area contributed by atoms with Gasteiger partial charge in [-0.1, -0.05) is 84.9 Å². The Morgan fingerprint density at radius 2 is 1.15 bits per heavy atom. The zero-order chi connectivity index (χ0) is 27.5. The van der Waals surface area contributed by atoms with Gasteiger partial charge >= 0.3 is 0 Å². The summed E-state index contributed by atoms with van der Waals surface area (Å²) < 4.78 is 56.4. The third kappa shape index (κ3) is 5.50. The summed E-state index contributed by atoms with van der Waals surface area (Å²) >= 11 is 0. The van der Waals surface area contributed by atoms with Crippen molar-refractivity contribution in [3.05, 3.63) is 115 Å². The van der Waals surface area contributed by atoms with Crippen LogP contribution in [0.15, 0.2) is 125 Å². The SMILES string of the molecule is O=C(Nc1ccccc1-c1ccccc1)[C@@H]1CN(S(=O)(=O)c2ccccc2)CCN1S(=O)(=O)c1ccccc1. The minimum Gasteiger partial charge on any atom is -0.324 e. The molecule has 0 aromatic heterocycles. The van der Waals surface area contributed by atoms with Crippen LogP contribution in [-0.4, -0.2) is 57.0 Å². The number of hydrogen-bond donors (Lipinski definition) is 1. The van der Waals surface area contributed by atoms with Crippen LogP contribution in [0.5, 0.6) is 0 Å². The number of nitrogens with one attached hydrogen (secondary N) is 1. The first-order chi connectivity index (χ1) is 18.8. The van der Waals surface area contributed by atoms with Crippen LogP contribution in [0.3, 0.4) is 0 Å². The third-order valence-electron chi connectivity index (χ3n) is 6.60. The highest BCUT2D eigenvalue weighted by Gasteiger charge is 2.43. The Morgan fingerprint density at radius 1 is 0.641 bits per heavy atom. The van der Waals surface area contributed by atoms with Crippen LogP contribution in [0.4, 0.5) is 5.69 Å². The van der Waals surface area contributed by atoms with Crippen molar-refractivity contribution in [2.75, 3.05) is 25.0 Å². The van der Waals surface area contributed by atoms with Gasteiger partial charge in [-0.25, -0.2) is 16.8 Å². The Labute approximate surface area is 228 Å². The third-order valence-corrected chi connectivity index (χ3v) is 10.4. The van der Waals surface area contributed by atoms with Gasteiger partial charge in [0.2, 0.25) is 26.0 Å². The lowest BCUT2D eigenvalue weighted by atomic mass is 10.0. The number of amides is 1. The maximum atomic E-state index is 13.8. The minimum absolute atomic E-state index is 0.0341. The standard InChI is InChI=1S/C29H27N3O5S2/c33-29(30-27-19-11-10-18-26(27)23-12-4-1-5-13-23)28-22-31(38(34,35)24-14-6-2-7-15-24)20-21-32(28)39(36,37)25-16-8-3-9-17-25/h1-19,28H,20-22H2,(H,30,33)/t28-/m0/s1. The van der Waals surface area contributed by atoms with Crippen LogP contribution in [0.25, 0.3) is 11.1 Å². The van der Waals surface area contributed by atoms with Crippen molar-refractivity contribution in [3.63, 3.8) is 0 Å². The van der Waals surface area contributed by atoms with Gasteiger partial charge in [0, 0.05) is 30.9 Å². The number of para-hydroxylation sites is 1. The average Bonchev–Trinajstić information content (AvgIpc) is 2.98. The van der Waals surface area contributed by atoms with Crippen molar-refractivity contribution in [1.29, 1.82) is 0 Å². The highest BCUT2D eigenvalue weighted by molar-refractivity contribution is 7.89. The first-order valence-corrected chi connectivity index (χ1v) is 15.2. The van der Waals surface area contributed by atoms with Gasteiger partial charge in [0.15, 0.2) is 0 Å². The molecule has 39 heavy (non-hydrogen) atoms. The molecule has 1 fully saturated rings. The summed E-state index contributed by atoms with van der Waals surface area (Å²) in [6.45, 7) is -0.599. The lowest BCUT2D eigenvalue weighted by Crippen LogP contribution is -2.60. The molecule has 0 aliphatic carbocycles. The van der Waals surface area contributed by atoms with Crippen LogP contribution >= 0.6 is 0 Å². The molecule has 1 saturated heterocycles. The summed E-state index contributed by atoms with van der Waals surface area (Å²) in [6.07, 6.45) is 0. The number of nitrogens with zero attached hydrogens (tertiary/aromatic N) is 2. The summed E-state index contributed by atoms with van der Waals surface area (Å²) in [4.78, 5) is 13.9. The molecule has 0 radical (unpaired) electrons. The van der Waals surface area contributed by atoms with Crippen LogP contribution in [-0.2, 0) is 24.8 Å². The zero-order valence-corrected chi connectivity index (χ0v) is 22.6. The van der Waals surface area contributed by atoms with E-state index in [0.717, 1.165) is 15.4 Å².